The largest absolute Gasteiger partial charge is 0.507 e. The molecular weight excluding hydrogens is 292 g/mol. The minimum absolute atomic E-state index is 0.133. The summed E-state index contributed by atoms with van der Waals surface area (Å²) in [4.78, 5) is 0. The molecule has 0 saturated heterocycles. The van der Waals surface area contributed by atoms with Crippen LogP contribution in [0.4, 0.5) is 0 Å². The summed E-state index contributed by atoms with van der Waals surface area (Å²) in [6.45, 7) is 11.3. The van der Waals surface area contributed by atoms with Gasteiger partial charge in [0.25, 0.3) is 0 Å². The smallest absolute Gasteiger partial charge is 0.122 e. The Labute approximate surface area is 147 Å². The van der Waals surface area contributed by atoms with Gasteiger partial charge in [-0.25, -0.2) is 0 Å². The van der Waals surface area contributed by atoms with Crippen LogP contribution < -0.4 is 0 Å². The molecule has 1 nitrogen and oxygen atoms in total. The first-order valence-electron chi connectivity index (χ1n) is 10.1. The zero-order chi connectivity index (χ0) is 17.3. The zero-order valence-corrected chi connectivity index (χ0v) is 16.2. The third-order valence-electron chi connectivity index (χ3n) is 7.24. The Morgan fingerprint density at radius 3 is 1.88 bits per heavy atom. The fraction of sp³-hybridized carbons (Fsp3) is 0.739. The number of rotatable bonds is 2. The number of hydrogen-bond acceptors (Lipinski definition) is 1. The molecule has 1 aromatic carbocycles. The van der Waals surface area contributed by atoms with Gasteiger partial charge in [-0.1, -0.05) is 46.8 Å². The Balaban J connectivity index is 1.87. The second kappa shape index (κ2) is 5.26. The van der Waals surface area contributed by atoms with Gasteiger partial charge in [-0.3, -0.25) is 0 Å². The maximum absolute atomic E-state index is 11.2. The van der Waals surface area contributed by atoms with Gasteiger partial charge >= 0.3 is 0 Å². The van der Waals surface area contributed by atoms with Gasteiger partial charge in [0.05, 0.1) is 0 Å². The topological polar surface area (TPSA) is 20.2 Å². The summed E-state index contributed by atoms with van der Waals surface area (Å²) in [6.07, 6.45) is 8.31. The molecule has 4 aliphatic rings. The van der Waals surface area contributed by atoms with Crippen LogP contribution in [0.15, 0.2) is 12.1 Å². The monoisotopic (exact) mass is 326 g/mol. The molecule has 0 aromatic heterocycles. The SMILES string of the molecule is CC(C)c1cc(C(C)(C)C)cc(C23CC4CC(CC(C4)C2)C3)c1O. The van der Waals surface area contributed by atoms with Crippen LogP contribution in [0, 0.1) is 17.8 Å². The fourth-order valence-corrected chi connectivity index (χ4v) is 6.37. The zero-order valence-electron chi connectivity index (χ0n) is 16.2. The molecule has 4 fully saturated rings. The molecule has 4 bridgehead atoms. The van der Waals surface area contributed by atoms with E-state index in [1.807, 2.05) is 0 Å². The Bertz CT molecular complexity index is 611. The van der Waals surface area contributed by atoms with Crippen molar-refractivity contribution >= 4 is 0 Å². The molecule has 4 saturated carbocycles. The highest BCUT2D eigenvalue weighted by Gasteiger charge is 2.52. The number of aromatic hydroxyl groups is 1. The molecule has 0 aliphatic heterocycles. The van der Waals surface area contributed by atoms with Crippen molar-refractivity contribution < 1.29 is 5.11 Å². The molecule has 0 spiro atoms. The fourth-order valence-electron chi connectivity index (χ4n) is 6.37. The molecule has 24 heavy (non-hydrogen) atoms. The van der Waals surface area contributed by atoms with Crippen molar-refractivity contribution in [3.05, 3.63) is 28.8 Å². The molecule has 4 aliphatic carbocycles. The summed E-state index contributed by atoms with van der Waals surface area (Å²) in [6, 6.07) is 4.65. The Morgan fingerprint density at radius 1 is 0.958 bits per heavy atom. The van der Waals surface area contributed by atoms with Gasteiger partial charge in [-0.2, -0.15) is 0 Å². The van der Waals surface area contributed by atoms with E-state index in [2.05, 4.69) is 46.8 Å². The summed E-state index contributed by atoms with van der Waals surface area (Å²) in [5.41, 5.74) is 4.26. The lowest BCUT2D eigenvalue weighted by Crippen LogP contribution is -2.48. The molecule has 0 atom stereocenters. The van der Waals surface area contributed by atoms with Gasteiger partial charge in [0.2, 0.25) is 0 Å². The van der Waals surface area contributed by atoms with E-state index in [-0.39, 0.29) is 10.8 Å². The summed E-state index contributed by atoms with van der Waals surface area (Å²) in [5, 5.41) is 11.2. The highest BCUT2D eigenvalue weighted by molar-refractivity contribution is 5.51. The van der Waals surface area contributed by atoms with E-state index < -0.39 is 0 Å². The first-order valence-corrected chi connectivity index (χ1v) is 10.1. The van der Waals surface area contributed by atoms with Gasteiger partial charge in [-0.15, -0.1) is 0 Å². The van der Waals surface area contributed by atoms with E-state index in [0.717, 1.165) is 23.3 Å². The summed E-state index contributed by atoms with van der Waals surface area (Å²) in [7, 11) is 0. The minimum atomic E-state index is 0.133. The van der Waals surface area contributed by atoms with Crippen LogP contribution in [0.25, 0.3) is 0 Å². The molecular formula is C23H34O. The van der Waals surface area contributed by atoms with Crippen LogP contribution in [0.1, 0.15) is 95.8 Å². The summed E-state index contributed by atoms with van der Waals surface area (Å²) in [5.74, 6) is 3.74. The normalized spacial score (nSPS) is 35.0. The second-order valence-corrected chi connectivity index (χ2v) is 10.6. The Morgan fingerprint density at radius 2 is 1.46 bits per heavy atom. The quantitative estimate of drug-likeness (QED) is 0.678. The highest BCUT2D eigenvalue weighted by Crippen LogP contribution is 2.62. The van der Waals surface area contributed by atoms with Gasteiger partial charge in [0.1, 0.15) is 5.75 Å². The lowest BCUT2D eigenvalue weighted by Gasteiger charge is -2.57. The van der Waals surface area contributed by atoms with Gasteiger partial charge in [0, 0.05) is 5.56 Å². The van der Waals surface area contributed by atoms with E-state index in [1.54, 1.807) is 0 Å². The van der Waals surface area contributed by atoms with Crippen molar-refractivity contribution in [2.24, 2.45) is 17.8 Å². The molecule has 1 heteroatoms. The third-order valence-corrected chi connectivity index (χ3v) is 7.24. The van der Waals surface area contributed by atoms with E-state index >= 15 is 0 Å². The standard InChI is InChI=1S/C23H34O/c1-14(2)19-9-18(22(3,4)5)10-20(21(19)24)23-11-15-6-16(12-23)8-17(7-15)13-23/h9-10,14-17,24H,6-8,11-13H2,1-5H3. The Kier molecular flexibility index (Phi) is 3.61. The first kappa shape index (κ1) is 16.5. The molecule has 1 N–H and O–H groups in total. The van der Waals surface area contributed by atoms with Gasteiger partial charge in [0.15, 0.2) is 0 Å². The van der Waals surface area contributed by atoms with Crippen LogP contribution in [-0.4, -0.2) is 5.11 Å². The molecule has 0 heterocycles. The second-order valence-electron chi connectivity index (χ2n) is 10.6. The van der Waals surface area contributed by atoms with E-state index in [1.165, 1.54) is 49.7 Å². The van der Waals surface area contributed by atoms with Crippen molar-refractivity contribution in [1.82, 2.24) is 0 Å². The molecule has 0 unspecified atom stereocenters. The van der Waals surface area contributed by atoms with Crippen LogP contribution in [0.5, 0.6) is 5.75 Å². The third kappa shape index (κ3) is 2.50. The van der Waals surface area contributed by atoms with Gasteiger partial charge < -0.3 is 5.11 Å². The lowest BCUT2D eigenvalue weighted by atomic mass is 9.47. The molecule has 0 radical (unpaired) electrons. The van der Waals surface area contributed by atoms with Crippen LogP contribution in [0.2, 0.25) is 0 Å². The maximum atomic E-state index is 11.2. The first-order chi connectivity index (χ1) is 11.2. The summed E-state index contributed by atoms with van der Waals surface area (Å²) >= 11 is 0. The summed E-state index contributed by atoms with van der Waals surface area (Å²) < 4.78 is 0. The van der Waals surface area contributed by atoms with Crippen molar-refractivity contribution in [3.8, 4) is 5.75 Å². The average molecular weight is 327 g/mol. The average Bonchev–Trinajstić information content (AvgIpc) is 2.44. The predicted molar refractivity (Wildman–Crippen MR) is 101 cm³/mol. The lowest BCUT2D eigenvalue weighted by molar-refractivity contribution is -0.00625. The van der Waals surface area contributed by atoms with Crippen molar-refractivity contribution in [1.29, 1.82) is 0 Å². The number of hydrogen-bond donors (Lipinski definition) is 1. The molecule has 1 aromatic rings. The van der Waals surface area contributed by atoms with E-state index in [0.29, 0.717) is 11.7 Å². The molecule has 5 rings (SSSR count). The van der Waals surface area contributed by atoms with Crippen molar-refractivity contribution in [2.75, 3.05) is 0 Å². The number of phenolic OH excluding ortho intramolecular Hbond substituents is 1. The van der Waals surface area contributed by atoms with Crippen molar-refractivity contribution in [2.45, 2.75) is 89.9 Å². The molecule has 132 valence electrons. The van der Waals surface area contributed by atoms with Crippen LogP contribution in [-0.2, 0) is 10.8 Å². The minimum Gasteiger partial charge on any atom is -0.507 e. The van der Waals surface area contributed by atoms with Crippen molar-refractivity contribution in [3.63, 3.8) is 0 Å². The maximum Gasteiger partial charge on any atom is 0.122 e. The predicted octanol–water partition coefficient (Wildman–Crippen LogP) is 6.28. The van der Waals surface area contributed by atoms with Crippen LogP contribution >= 0.6 is 0 Å². The van der Waals surface area contributed by atoms with Gasteiger partial charge in [-0.05, 0) is 84.2 Å². The number of benzene rings is 1. The molecule has 0 amide bonds. The van der Waals surface area contributed by atoms with E-state index in [9.17, 15) is 5.11 Å². The number of phenols is 1. The highest BCUT2D eigenvalue weighted by atomic mass is 16.3. The Hall–Kier alpha value is -0.980. The van der Waals surface area contributed by atoms with E-state index in [4.69, 9.17) is 0 Å². The van der Waals surface area contributed by atoms with Crippen LogP contribution in [0.3, 0.4) is 0 Å².